The normalized spacial score (nSPS) is 26.4. The van der Waals surface area contributed by atoms with Crippen LogP contribution in [0.3, 0.4) is 0 Å². The van der Waals surface area contributed by atoms with E-state index in [9.17, 15) is 0 Å². The Hall–Kier alpha value is -0.580. The van der Waals surface area contributed by atoms with Crippen molar-refractivity contribution < 1.29 is 0 Å². The number of piperidine rings is 1. The van der Waals surface area contributed by atoms with Crippen LogP contribution in [-0.2, 0) is 5.88 Å². The molecule has 0 saturated carbocycles. The molecule has 0 aliphatic carbocycles. The molecule has 0 bridgehead atoms. The summed E-state index contributed by atoms with van der Waals surface area (Å²) < 4.78 is 3.48. The Kier molecular flexibility index (Phi) is 3.72. The SMILES string of the molecule is ClCc1nc2cc(Br)ccc2n1C1CCN2CCCC2C1. The summed E-state index contributed by atoms with van der Waals surface area (Å²) >= 11 is 9.70. The number of rotatable bonds is 2. The molecule has 1 aromatic heterocycles. The third-order valence-corrected chi connectivity index (χ3v) is 5.73. The molecule has 3 heterocycles. The number of hydrogen-bond donors (Lipinski definition) is 0. The van der Waals surface area contributed by atoms with Crippen LogP contribution < -0.4 is 0 Å². The number of hydrogen-bond acceptors (Lipinski definition) is 2. The summed E-state index contributed by atoms with van der Waals surface area (Å²) in [5, 5.41) is 0. The van der Waals surface area contributed by atoms with Crippen molar-refractivity contribution in [2.24, 2.45) is 0 Å². The second-order valence-electron chi connectivity index (χ2n) is 6.17. The van der Waals surface area contributed by atoms with E-state index in [-0.39, 0.29) is 0 Å². The van der Waals surface area contributed by atoms with Crippen LogP contribution in [0.4, 0.5) is 0 Å². The summed E-state index contributed by atoms with van der Waals surface area (Å²) in [6, 6.07) is 7.67. The number of alkyl halides is 1. The third kappa shape index (κ3) is 2.41. The maximum absolute atomic E-state index is 6.17. The van der Waals surface area contributed by atoms with Crippen molar-refractivity contribution in [3.8, 4) is 0 Å². The van der Waals surface area contributed by atoms with Crippen LogP contribution in [0.1, 0.15) is 37.5 Å². The Morgan fingerprint density at radius 3 is 3.00 bits per heavy atom. The highest BCUT2D eigenvalue weighted by Gasteiger charge is 2.33. The van der Waals surface area contributed by atoms with Crippen molar-refractivity contribution in [3.05, 3.63) is 28.5 Å². The Labute approximate surface area is 138 Å². The zero-order chi connectivity index (χ0) is 14.4. The van der Waals surface area contributed by atoms with Crippen LogP contribution in [0.2, 0.25) is 0 Å². The van der Waals surface area contributed by atoms with Gasteiger partial charge < -0.3 is 9.47 Å². The lowest BCUT2D eigenvalue weighted by Gasteiger charge is -2.36. The second kappa shape index (κ2) is 5.56. The summed E-state index contributed by atoms with van der Waals surface area (Å²) in [4.78, 5) is 7.40. The molecule has 2 aliphatic rings. The Bertz CT molecular complexity index is 669. The number of nitrogens with zero attached hydrogens (tertiary/aromatic N) is 3. The molecule has 0 N–H and O–H groups in total. The van der Waals surface area contributed by atoms with Gasteiger partial charge in [0.25, 0.3) is 0 Å². The topological polar surface area (TPSA) is 21.1 Å². The zero-order valence-corrected chi connectivity index (χ0v) is 14.3. The third-order valence-electron chi connectivity index (χ3n) is 5.00. The molecule has 4 rings (SSSR count). The van der Waals surface area contributed by atoms with Gasteiger partial charge >= 0.3 is 0 Å². The van der Waals surface area contributed by atoms with Crippen LogP contribution in [-0.4, -0.2) is 33.6 Å². The standard InChI is InChI=1S/C16H19BrClN3/c17-11-3-4-15-14(8-11)19-16(10-18)21(15)13-5-7-20-6-1-2-12(20)9-13/h3-4,8,12-13H,1-2,5-7,9-10H2. The summed E-state index contributed by atoms with van der Waals surface area (Å²) in [6.45, 7) is 2.50. The molecule has 2 unspecified atom stereocenters. The first-order chi connectivity index (χ1) is 10.3. The van der Waals surface area contributed by atoms with Crippen molar-refractivity contribution in [1.82, 2.24) is 14.5 Å². The number of benzene rings is 1. The van der Waals surface area contributed by atoms with Crippen molar-refractivity contribution in [2.75, 3.05) is 13.1 Å². The average molecular weight is 369 g/mol. The fourth-order valence-electron chi connectivity index (χ4n) is 4.06. The first kappa shape index (κ1) is 14.0. The number of halogens is 2. The largest absolute Gasteiger partial charge is 0.324 e. The molecule has 2 fully saturated rings. The van der Waals surface area contributed by atoms with E-state index >= 15 is 0 Å². The zero-order valence-electron chi connectivity index (χ0n) is 11.9. The molecule has 0 radical (unpaired) electrons. The highest BCUT2D eigenvalue weighted by molar-refractivity contribution is 9.10. The minimum atomic E-state index is 0.483. The van der Waals surface area contributed by atoms with E-state index in [1.165, 1.54) is 44.3 Å². The first-order valence-electron chi connectivity index (χ1n) is 7.72. The fourth-order valence-corrected chi connectivity index (χ4v) is 4.60. The molecule has 2 atom stereocenters. The summed E-state index contributed by atoms with van der Waals surface area (Å²) in [7, 11) is 0. The van der Waals surface area contributed by atoms with E-state index in [0.717, 1.165) is 21.9 Å². The van der Waals surface area contributed by atoms with E-state index in [0.29, 0.717) is 11.9 Å². The lowest BCUT2D eigenvalue weighted by molar-refractivity contribution is 0.156. The maximum Gasteiger partial charge on any atom is 0.125 e. The van der Waals surface area contributed by atoms with Gasteiger partial charge in [0.15, 0.2) is 0 Å². The molecule has 2 saturated heterocycles. The molecule has 2 aromatic rings. The minimum absolute atomic E-state index is 0.483. The van der Waals surface area contributed by atoms with Crippen LogP contribution in [0.25, 0.3) is 11.0 Å². The number of imidazole rings is 1. The molecule has 0 amide bonds. The van der Waals surface area contributed by atoms with Crippen LogP contribution >= 0.6 is 27.5 Å². The molecular formula is C16H19BrClN3. The maximum atomic E-state index is 6.17. The highest BCUT2D eigenvalue weighted by Crippen LogP contribution is 2.36. The van der Waals surface area contributed by atoms with Gasteiger partial charge in [-0.3, -0.25) is 0 Å². The van der Waals surface area contributed by atoms with Gasteiger partial charge in [0.2, 0.25) is 0 Å². The van der Waals surface area contributed by atoms with Gasteiger partial charge in [0.05, 0.1) is 16.9 Å². The van der Waals surface area contributed by atoms with Crippen LogP contribution in [0.15, 0.2) is 22.7 Å². The fraction of sp³-hybridized carbons (Fsp3) is 0.562. The predicted molar refractivity (Wildman–Crippen MR) is 89.9 cm³/mol. The lowest BCUT2D eigenvalue weighted by Crippen LogP contribution is -2.38. The van der Waals surface area contributed by atoms with Crippen molar-refractivity contribution in [1.29, 1.82) is 0 Å². The van der Waals surface area contributed by atoms with Gasteiger partial charge in [0.1, 0.15) is 5.82 Å². The van der Waals surface area contributed by atoms with Gasteiger partial charge in [-0.1, -0.05) is 15.9 Å². The molecule has 2 aliphatic heterocycles. The highest BCUT2D eigenvalue weighted by atomic mass is 79.9. The van der Waals surface area contributed by atoms with Crippen LogP contribution in [0.5, 0.6) is 0 Å². The van der Waals surface area contributed by atoms with Crippen molar-refractivity contribution >= 4 is 38.6 Å². The number of aromatic nitrogens is 2. The van der Waals surface area contributed by atoms with Crippen molar-refractivity contribution in [3.63, 3.8) is 0 Å². The molecule has 1 aromatic carbocycles. The van der Waals surface area contributed by atoms with E-state index in [4.69, 9.17) is 16.6 Å². The van der Waals surface area contributed by atoms with Gasteiger partial charge in [-0.2, -0.15) is 0 Å². The molecular weight excluding hydrogens is 350 g/mol. The summed E-state index contributed by atoms with van der Waals surface area (Å²) in [5.74, 6) is 1.50. The van der Waals surface area contributed by atoms with E-state index < -0.39 is 0 Å². The van der Waals surface area contributed by atoms with Crippen molar-refractivity contribution in [2.45, 2.75) is 43.6 Å². The summed E-state index contributed by atoms with van der Waals surface area (Å²) in [5.41, 5.74) is 2.28. The average Bonchev–Trinajstić information content (AvgIpc) is 3.09. The molecule has 21 heavy (non-hydrogen) atoms. The summed E-state index contributed by atoms with van der Waals surface area (Å²) in [6.07, 6.45) is 5.16. The van der Waals surface area contributed by atoms with E-state index in [1.54, 1.807) is 0 Å². The van der Waals surface area contributed by atoms with Gasteiger partial charge in [-0.25, -0.2) is 4.98 Å². The Balaban J connectivity index is 1.74. The Morgan fingerprint density at radius 2 is 2.14 bits per heavy atom. The molecule has 5 heteroatoms. The van der Waals surface area contributed by atoms with Gasteiger partial charge in [-0.15, -0.1) is 11.6 Å². The first-order valence-corrected chi connectivity index (χ1v) is 9.05. The van der Waals surface area contributed by atoms with E-state index in [1.807, 2.05) is 0 Å². The minimum Gasteiger partial charge on any atom is -0.324 e. The number of fused-ring (bicyclic) bond motifs is 2. The Morgan fingerprint density at radius 1 is 1.24 bits per heavy atom. The quantitative estimate of drug-likeness (QED) is 0.735. The van der Waals surface area contributed by atoms with Gasteiger partial charge in [-0.05, 0) is 50.4 Å². The molecule has 112 valence electrons. The predicted octanol–water partition coefficient (Wildman–Crippen LogP) is 4.34. The second-order valence-corrected chi connectivity index (χ2v) is 7.36. The lowest BCUT2D eigenvalue weighted by atomic mass is 9.97. The molecule has 3 nitrogen and oxygen atoms in total. The van der Waals surface area contributed by atoms with Gasteiger partial charge in [0, 0.05) is 23.1 Å². The smallest absolute Gasteiger partial charge is 0.125 e. The monoisotopic (exact) mass is 367 g/mol. The molecule has 0 spiro atoms. The van der Waals surface area contributed by atoms with Crippen LogP contribution in [0, 0.1) is 0 Å². The van der Waals surface area contributed by atoms with E-state index in [2.05, 4.69) is 43.6 Å².